The Kier molecular flexibility index (Phi) is 6.11. The van der Waals surface area contributed by atoms with Crippen LogP contribution in [0.15, 0.2) is 18.2 Å². The van der Waals surface area contributed by atoms with Crippen molar-refractivity contribution >= 4 is 50.5 Å². The number of hydrogen-bond donors (Lipinski definition) is 1. The van der Waals surface area contributed by atoms with Crippen LogP contribution < -0.4 is 5.32 Å². The molecule has 0 radical (unpaired) electrons. The van der Waals surface area contributed by atoms with E-state index in [0.29, 0.717) is 22.2 Å². The van der Waals surface area contributed by atoms with Crippen molar-refractivity contribution in [3.8, 4) is 0 Å². The second-order valence-electron chi connectivity index (χ2n) is 5.87. The van der Waals surface area contributed by atoms with Crippen LogP contribution in [0.2, 0.25) is 10.0 Å². The van der Waals surface area contributed by atoms with E-state index in [-0.39, 0.29) is 36.3 Å². The fourth-order valence-electron chi connectivity index (χ4n) is 2.54. The molecule has 0 unspecified atom stereocenters. The largest absolute Gasteiger partial charge is 0.336 e. The van der Waals surface area contributed by atoms with Gasteiger partial charge in [-0.25, -0.2) is 8.42 Å². The number of carbonyl (C=O) groups excluding carboxylic acids is 2. The molecule has 1 aromatic carbocycles. The van der Waals surface area contributed by atoms with E-state index in [1.807, 2.05) is 0 Å². The zero-order chi connectivity index (χ0) is 17.9. The van der Waals surface area contributed by atoms with Crippen molar-refractivity contribution < 1.29 is 18.0 Å². The number of nitrogens with one attached hydrogen (secondary N) is 1. The fraction of sp³-hybridized carbons (Fsp3) is 0.467. The van der Waals surface area contributed by atoms with Crippen LogP contribution in [0.3, 0.4) is 0 Å². The predicted molar refractivity (Wildman–Crippen MR) is 94.1 cm³/mol. The second-order valence-corrected chi connectivity index (χ2v) is 8.91. The van der Waals surface area contributed by atoms with Gasteiger partial charge in [0.15, 0.2) is 9.84 Å². The Morgan fingerprint density at radius 2 is 1.92 bits per heavy atom. The molecule has 24 heavy (non-hydrogen) atoms. The first-order chi connectivity index (χ1) is 11.2. The standard InChI is InChI=1S/C15H18Cl2N2O4S/c1-19(14(21)7-10-5-6-24(22,23)9-10)8-13(20)18-15-11(16)3-2-4-12(15)17/h2-4,10H,5-9H2,1H3,(H,18,20)/t10-/m1/s1. The Morgan fingerprint density at radius 3 is 2.46 bits per heavy atom. The summed E-state index contributed by atoms with van der Waals surface area (Å²) >= 11 is 12.0. The van der Waals surface area contributed by atoms with Gasteiger partial charge in [-0.1, -0.05) is 29.3 Å². The molecular weight excluding hydrogens is 375 g/mol. The minimum Gasteiger partial charge on any atom is -0.336 e. The smallest absolute Gasteiger partial charge is 0.244 e. The van der Waals surface area contributed by atoms with Gasteiger partial charge in [0.25, 0.3) is 0 Å². The number of likely N-dealkylation sites (N-methyl/N-ethyl adjacent to an activating group) is 1. The van der Waals surface area contributed by atoms with Crippen molar-refractivity contribution in [1.82, 2.24) is 4.90 Å². The van der Waals surface area contributed by atoms with Gasteiger partial charge in [-0.2, -0.15) is 0 Å². The van der Waals surface area contributed by atoms with Gasteiger partial charge in [0.1, 0.15) is 0 Å². The number of benzene rings is 1. The van der Waals surface area contributed by atoms with Crippen LogP contribution in [0.1, 0.15) is 12.8 Å². The summed E-state index contributed by atoms with van der Waals surface area (Å²) in [6.07, 6.45) is 0.610. The molecule has 2 rings (SSSR count). The molecule has 132 valence electrons. The highest BCUT2D eigenvalue weighted by atomic mass is 35.5. The van der Waals surface area contributed by atoms with Gasteiger partial charge >= 0.3 is 0 Å². The molecule has 1 N–H and O–H groups in total. The van der Waals surface area contributed by atoms with Crippen molar-refractivity contribution in [3.63, 3.8) is 0 Å². The quantitative estimate of drug-likeness (QED) is 0.832. The Morgan fingerprint density at radius 1 is 1.29 bits per heavy atom. The summed E-state index contributed by atoms with van der Waals surface area (Å²) in [6, 6.07) is 4.85. The third-order valence-corrected chi connectivity index (χ3v) is 6.29. The highest BCUT2D eigenvalue weighted by Gasteiger charge is 2.30. The highest BCUT2D eigenvalue weighted by molar-refractivity contribution is 7.91. The van der Waals surface area contributed by atoms with Crippen molar-refractivity contribution in [2.24, 2.45) is 5.92 Å². The molecule has 0 aromatic heterocycles. The summed E-state index contributed by atoms with van der Waals surface area (Å²) in [5.41, 5.74) is 0.300. The first kappa shape index (κ1) is 19.0. The lowest BCUT2D eigenvalue weighted by molar-refractivity contribution is -0.134. The number of sulfone groups is 1. The van der Waals surface area contributed by atoms with Crippen LogP contribution in [-0.2, 0) is 19.4 Å². The maximum Gasteiger partial charge on any atom is 0.244 e. The molecule has 2 amide bonds. The molecule has 0 aliphatic carbocycles. The molecule has 1 heterocycles. The number of rotatable bonds is 5. The molecular formula is C15H18Cl2N2O4S. The molecule has 1 aliphatic rings. The van der Waals surface area contributed by atoms with Gasteiger partial charge in [0.05, 0.1) is 33.8 Å². The molecule has 0 saturated carbocycles. The second kappa shape index (κ2) is 7.72. The van der Waals surface area contributed by atoms with E-state index in [0.717, 1.165) is 0 Å². The lowest BCUT2D eigenvalue weighted by atomic mass is 10.0. The number of halogens is 2. The summed E-state index contributed by atoms with van der Waals surface area (Å²) in [5.74, 6) is -0.711. The highest BCUT2D eigenvalue weighted by Crippen LogP contribution is 2.29. The van der Waals surface area contributed by atoms with Crippen LogP contribution in [-0.4, -0.2) is 50.2 Å². The molecule has 0 bridgehead atoms. The van der Waals surface area contributed by atoms with Crippen LogP contribution in [0.25, 0.3) is 0 Å². The summed E-state index contributed by atoms with van der Waals surface area (Å²) in [4.78, 5) is 25.5. The number of para-hydroxylation sites is 1. The number of amides is 2. The molecule has 1 fully saturated rings. The Labute approximate surface area is 151 Å². The van der Waals surface area contributed by atoms with Crippen molar-refractivity contribution in [1.29, 1.82) is 0 Å². The zero-order valence-corrected chi connectivity index (χ0v) is 15.4. The molecule has 6 nitrogen and oxygen atoms in total. The first-order valence-corrected chi connectivity index (χ1v) is 9.94. The van der Waals surface area contributed by atoms with Crippen molar-refractivity contribution in [2.45, 2.75) is 12.8 Å². The molecule has 1 aromatic rings. The normalized spacial score (nSPS) is 19.0. The minimum absolute atomic E-state index is 0.0357. The summed E-state index contributed by atoms with van der Waals surface area (Å²) in [5, 5.41) is 3.19. The lowest BCUT2D eigenvalue weighted by Crippen LogP contribution is -2.36. The molecule has 9 heteroatoms. The number of carbonyl (C=O) groups is 2. The minimum atomic E-state index is -3.02. The molecule has 1 aliphatic heterocycles. The van der Waals surface area contributed by atoms with Gasteiger partial charge < -0.3 is 10.2 Å². The number of anilines is 1. The van der Waals surface area contributed by atoms with Gasteiger partial charge in [0, 0.05) is 13.5 Å². The van der Waals surface area contributed by atoms with Gasteiger partial charge in [-0.3, -0.25) is 9.59 Å². The third kappa shape index (κ3) is 5.09. The average Bonchev–Trinajstić information content (AvgIpc) is 2.82. The van der Waals surface area contributed by atoms with E-state index in [4.69, 9.17) is 23.2 Å². The molecule has 1 saturated heterocycles. The maximum absolute atomic E-state index is 12.1. The molecule has 1 atom stereocenters. The van der Waals surface area contributed by atoms with Crippen LogP contribution in [0.4, 0.5) is 5.69 Å². The SMILES string of the molecule is CN(CC(=O)Nc1c(Cl)cccc1Cl)C(=O)C[C@H]1CCS(=O)(=O)C1. The van der Waals surface area contributed by atoms with Gasteiger partial charge in [0.2, 0.25) is 11.8 Å². The van der Waals surface area contributed by atoms with Crippen LogP contribution in [0.5, 0.6) is 0 Å². The van der Waals surface area contributed by atoms with Crippen molar-refractivity contribution in [3.05, 3.63) is 28.2 Å². The van der Waals surface area contributed by atoms with E-state index >= 15 is 0 Å². The van der Waals surface area contributed by atoms with E-state index in [1.165, 1.54) is 11.9 Å². The Bertz CT molecular complexity index is 732. The van der Waals surface area contributed by atoms with Crippen LogP contribution in [0, 0.1) is 5.92 Å². The van der Waals surface area contributed by atoms with Crippen molar-refractivity contribution in [2.75, 3.05) is 30.4 Å². The fourth-order valence-corrected chi connectivity index (χ4v) is 4.89. The molecule has 0 spiro atoms. The first-order valence-electron chi connectivity index (χ1n) is 7.36. The zero-order valence-electron chi connectivity index (χ0n) is 13.1. The topological polar surface area (TPSA) is 83.6 Å². The van der Waals surface area contributed by atoms with E-state index in [2.05, 4.69) is 5.32 Å². The summed E-state index contributed by atoms with van der Waals surface area (Å²) in [6.45, 7) is -0.167. The maximum atomic E-state index is 12.1. The Balaban J connectivity index is 1.88. The number of nitrogens with zero attached hydrogens (tertiary/aromatic N) is 1. The van der Waals surface area contributed by atoms with E-state index < -0.39 is 15.7 Å². The monoisotopic (exact) mass is 392 g/mol. The van der Waals surface area contributed by atoms with Gasteiger partial charge in [-0.15, -0.1) is 0 Å². The average molecular weight is 393 g/mol. The number of hydrogen-bond acceptors (Lipinski definition) is 4. The predicted octanol–water partition coefficient (Wildman–Crippen LogP) is 2.22. The van der Waals surface area contributed by atoms with E-state index in [1.54, 1.807) is 18.2 Å². The summed E-state index contributed by atoms with van der Waals surface area (Å²) in [7, 11) is -1.52. The van der Waals surface area contributed by atoms with Gasteiger partial charge in [-0.05, 0) is 24.5 Å². The van der Waals surface area contributed by atoms with Crippen LogP contribution >= 0.6 is 23.2 Å². The third-order valence-electron chi connectivity index (χ3n) is 3.82. The lowest BCUT2D eigenvalue weighted by Gasteiger charge is -2.19. The Hall–Kier alpha value is -1.31. The van der Waals surface area contributed by atoms with E-state index in [9.17, 15) is 18.0 Å². The summed E-state index contributed by atoms with van der Waals surface area (Å²) < 4.78 is 22.8.